The van der Waals surface area contributed by atoms with Gasteiger partial charge in [-0.1, -0.05) is 19.1 Å². The van der Waals surface area contributed by atoms with E-state index in [9.17, 15) is 8.42 Å². The highest BCUT2D eigenvalue weighted by molar-refractivity contribution is 7.86. The number of hydrogen-bond acceptors (Lipinski definition) is 4. The lowest BCUT2D eigenvalue weighted by molar-refractivity contribution is 0.212. The van der Waals surface area contributed by atoms with E-state index >= 15 is 0 Å². The molecule has 21 heavy (non-hydrogen) atoms. The van der Waals surface area contributed by atoms with Gasteiger partial charge in [0.05, 0.1) is 6.26 Å². The molecule has 0 bridgehead atoms. The largest absolute Gasteiger partial charge is 0.382 e. The molecule has 1 fully saturated rings. The first kappa shape index (κ1) is 16.3. The Morgan fingerprint density at radius 2 is 1.95 bits per heavy atom. The van der Waals surface area contributed by atoms with Gasteiger partial charge in [-0.05, 0) is 68.9 Å². The minimum atomic E-state index is -3.47. The van der Waals surface area contributed by atoms with Crippen LogP contribution in [0.3, 0.4) is 0 Å². The molecule has 5 heteroatoms. The third kappa shape index (κ3) is 4.45. The molecule has 1 aliphatic rings. The first-order valence-corrected chi connectivity index (χ1v) is 9.43. The van der Waals surface area contributed by atoms with E-state index in [0.717, 1.165) is 37.8 Å². The van der Waals surface area contributed by atoms with Crippen molar-refractivity contribution in [3.05, 3.63) is 29.3 Å². The van der Waals surface area contributed by atoms with E-state index in [4.69, 9.17) is 4.18 Å². The Balaban J connectivity index is 2.13. The number of likely N-dealkylation sites (tertiary alicyclic amines) is 1. The first-order chi connectivity index (χ1) is 9.90. The van der Waals surface area contributed by atoms with Crippen LogP contribution in [0.1, 0.15) is 43.2 Å². The van der Waals surface area contributed by atoms with Crippen LogP contribution in [0, 0.1) is 6.92 Å². The summed E-state index contributed by atoms with van der Waals surface area (Å²) in [5.41, 5.74) is 2.18. The van der Waals surface area contributed by atoms with Crippen LogP contribution in [-0.4, -0.2) is 39.2 Å². The topological polar surface area (TPSA) is 46.6 Å². The molecule has 0 aromatic heterocycles. The van der Waals surface area contributed by atoms with Crippen molar-refractivity contribution < 1.29 is 12.6 Å². The second-order valence-electron chi connectivity index (χ2n) is 5.87. The molecule has 2 rings (SSSR count). The molecule has 1 aromatic rings. The molecule has 0 spiro atoms. The van der Waals surface area contributed by atoms with Crippen LogP contribution in [-0.2, 0) is 10.1 Å². The lowest BCUT2D eigenvalue weighted by Crippen LogP contribution is -2.33. The van der Waals surface area contributed by atoms with E-state index in [1.807, 2.05) is 13.0 Å². The SMILES string of the molecule is CCCN1CCC(c2cccc(OS(C)(=O)=O)c2C)CC1. The molecule has 1 aliphatic heterocycles. The summed E-state index contributed by atoms with van der Waals surface area (Å²) in [4.78, 5) is 2.50. The Hall–Kier alpha value is -1.07. The lowest BCUT2D eigenvalue weighted by Gasteiger charge is -2.32. The van der Waals surface area contributed by atoms with E-state index in [1.54, 1.807) is 6.07 Å². The Morgan fingerprint density at radius 3 is 2.52 bits per heavy atom. The van der Waals surface area contributed by atoms with Crippen LogP contribution in [0.4, 0.5) is 0 Å². The summed E-state index contributed by atoms with van der Waals surface area (Å²) in [7, 11) is -3.47. The van der Waals surface area contributed by atoms with Crippen molar-refractivity contribution in [2.24, 2.45) is 0 Å². The van der Waals surface area contributed by atoms with Gasteiger partial charge >= 0.3 is 10.1 Å². The van der Waals surface area contributed by atoms with Gasteiger partial charge in [-0.15, -0.1) is 0 Å². The molecule has 1 heterocycles. The van der Waals surface area contributed by atoms with Gasteiger partial charge in [-0.2, -0.15) is 8.42 Å². The van der Waals surface area contributed by atoms with Gasteiger partial charge in [0, 0.05) is 0 Å². The Bertz CT molecular complexity index is 575. The quantitative estimate of drug-likeness (QED) is 0.784. The van der Waals surface area contributed by atoms with E-state index in [1.165, 1.54) is 18.5 Å². The standard InChI is InChI=1S/C16H25NO3S/c1-4-10-17-11-8-14(9-12-17)15-6-5-7-16(13(15)2)20-21(3,18)19/h5-7,14H,4,8-12H2,1-3H3. The van der Waals surface area contributed by atoms with Gasteiger partial charge in [0.25, 0.3) is 0 Å². The molecule has 0 aliphatic carbocycles. The fraction of sp³-hybridized carbons (Fsp3) is 0.625. The minimum absolute atomic E-state index is 0.464. The van der Waals surface area contributed by atoms with Crippen molar-refractivity contribution in [2.45, 2.75) is 39.0 Å². The first-order valence-electron chi connectivity index (χ1n) is 7.62. The monoisotopic (exact) mass is 311 g/mol. The van der Waals surface area contributed by atoms with Crippen LogP contribution in [0.2, 0.25) is 0 Å². The highest BCUT2D eigenvalue weighted by Crippen LogP contribution is 2.34. The summed E-state index contributed by atoms with van der Waals surface area (Å²) in [6.07, 6.45) is 4.54. The van der Waals surface area contributed by atoms with Crippen molar-refractivity contribution in [1.82, 2.24) is 4.90 Å². The third-order valence-corrected chi connectivity index (χ3v) is 4.62. The number of hydrogen-bond donors (Lipinski definition) is 0. The molecule has 0 N–H and O–H groups in total. The molecule has 0 saturated carbocycles. The van der Waals surface area contributed by atoms with Crippen molar-refractivity contribution in [3.8, 4) is 5.75 Å². The minimum Gasteiger partial charge on any atom is -0.382 e. The summed E-state index contributed by atoms with van der Waals surface area (Å²) >= 11 is 0. The maximum Gasteiger partial charge on any atom is 0.306 e. The highest BCUT2D eigenvalue weighted by atomic mass is 32.2. The average molecular weight is 311 g/mol. The van der Waals surface area contributed by atoms with Gasteiger partial charge < -0.3 is 9.08 Å². The molecule has 4 nitrogen and oxygen atoms in total. The van der Waals surface area contributed by atoms with Gasteiger partial charge in [0.2, 0.25) is 0 Å². The second-order valence-corrected chi connectivity index (χ2v) is 7.45. The summed E-state index contributed by atoms with van der Waals surface area (Å²) in [5.74, 6) is 0.965. The zero-order valence-electron chi connectivity index (χ0n) is 13.1. The summed E-state index contributed by atoms with van der Waals surface area (Å²) in [6, 6.07) is 5.72. The van der Waals surface area contributed by atoms with Crippen LogP contribution in [0.15, 0.2) is 18.2 Å². The Morgan fingerprint density at radius 1 is 1.29 bits per heavy atom. The fourth-order valence-electron chi connectivity index (χ4n) is 3.11. The molecule has 0 unspecified atom stereocenters. The van der Waals surface area contributed by atoms with E-state index < -0.39 is 10.1 Å². The zero-order chi connectivity index (χ0) is 15.5. The van der Waals surface area contributed by atoms with Crippen LogP contribution >= 0.6 is 0 Å². The second kappa shape index (κ2) is 6.79. The molecule has 1 saturated heterocycles. The smallest absolute Gasteiger partial charge is 0.306 e. The van der Waals surface area contributed by atoms with Gasteiger partial charge in [-0.3, -0.25) is 0 Å². The molecule has 0 radical (unpaired) electrons. The summed E-state index contributed by atoms with van der Waals surface area (Å²) < 4.78 is 27.7. The predicted octanol–water partition coefficient (Wildman–Crippen LogP) is 2.92. The average Bonchev–Trinajstić information content (AvgIpc) is 2.41. The molecule has 0 amide bonds. The van der Waals surface area contributed by atoms with Crippen LogP contribution in [0.5, 0.6) is 5.75 Å². The van der Waals surface area contributed by atoms with Crippen molar-refractivity contribution in [3.63, 3.8) is 0 Å². The number of nitrogens with zero attached hydrogens (tertiary/aromatic N) is 1. The predicted molar refractivity (Wildman–Crippen MR) is 85.4 cm³/mol. The fourth-order valence-corrected chi connectivity index (χ4v) is 3.62. The van der Waals surface area contributed by atoms with E-state index in [0.29, 0.717) is 11.7 Å². The van der Waals surface area contributed by atoms with Crippen LogP contribution < -0.4 is 4.18 Å². The van der Waals surface area contributed by atoms with E-state index in [-0.39, 0.29) is 0 Å². The maximum atomic E-state index is 11.3. The zero-order valence-corrected chi connectivity index (χ0v) is 13.9. The number of rotatable bonds is 5. The van der Waals surface area contributed by atoms with E-state index in [2.05, 4.69) is 17.9 Å². The third-order valence-electron chi connectivity index (χ3n) is 4.13. The molecule has 118 valence electrons. The van der Waals surface area contributed by atoms with Crippen molar-refractivity contribution >= 4 is 10.1 Å². The highest BCUT2D eigenvalue weighted by Gasteiger charge is 2.22. The Labute approximate surface area is 128 Å². The summed E-state index contributed by atoms with van der Waals surface area (Å²) in [5, 5.41) is 0. The normalized spacial score (nSPS) is 17.9. The molecular weight excluding hydrogens is 286 g/mol. The lowest BCUT2D eigenvalue weighted by atomic mass is 9.86. The number of benzene rings is 1. The van der Waals surface area contributed by atoms with Gasteiger partial charge in [0.1, 0.15) is 5.75 Å². The Kier molecular flexibility index (Phi) is 5.27. The summed E-state index contributed by atoms with van der Waals surface area (Å²) in [6.45, 7) is 7.57. The molecular formula is C16H25NO3S. The van der Waals surface area contributed by atoms with Crippen molar-refractivity contribution in [2.75, 3.05) is 25.9 Å². The van der Waals surface area contributed by atoms with Gasteiger partial charge in [-0.25, -0.2) is 0 Å². The molecule has 0 atom stereocenters. The van der Waals surface area contributed by atoms with Crippen LogP contribution in [0.25, 0.3) is 0 Å². The molecule has 1 aromatic carbocycles. The maximum absolute atomic E-state index is 11.3. The van der Waals surface area contributed by atoms with Gasteiger partial charge in [0.15, 0.2) is 0 Å². The number of piperidine rings is 1. The van der Waals surface area contributed by atoms with Crippen molar-refractivity contribution in [1.29, 1.82) is 0 Å².